The molecule has 4 atom stereocenters. The number of fused-ring (bicyclic) bond motifs is 2. The topological polar surface area (TPSA) is 85.0 Å². The number of likely N-dealkylation sites (tertiary alicyclic amines) is 1. The van der Waals surface area contributed by atoms with Crippen molar-refractivity contribution in [2.24, 2.45) is 5.92 Å². The molecule has 3 aromatic carbocycles. The van der Waals surface area contributed by atoms with Crippen molar-refractivity contribution in [1.29, 1.82) is 0 Å². The minimum absolute atomic E-state index is 0.0217. The van der Waals surface area contributed by atoms with Crippen molar-refractivity contribution in [1.82, 2.24) is 20.0 Å². The Kier molecular flexibility index (Phi) is 9.71. The monoisotopic (exact) mass is 661 g/mol. The summed E-state index contributed by atoms with van der Waals surface area (Å²) in [6.45, 7) is 8.91. The van der Waals surface area contributed by atoms with Gasteiger partial charge in [0.05, 0.1) is 22.6 Å². The number of hydrogen-bond acceptors (Lipinski definition) is 5. The summed E-state index contributed by atoms with van der Waals surface area (Å²) in [6, 6.07) is 19.9. The van der Waals surface area contributed by atoms with E-state index in [2.05, 4.69) is 33.7 Å². The molecule has 2 heterocycles. The standard InChI is InChI=1S/C36H41Cl2N5O3/c1-22-12-23(2)14-27(13-22)36(46)41-10-11-43(34(21-41)26-6-9-31(37)32(38)16-26)35(45)18-39-33-17-30-15-28(33)20-42(30)19-25-4-7-29(8-5-25)40-24(3)44/h4-9,12-14,16,28,30,33-34,39H,10-11,15,17-21H2,1-3H3,(H,40,44)/t28?,30?,33?,34-/m0/s1. The van der Waals surface area contributed by atoms with Gasteiger partial charge in [-0.3, -0.25) is 19.3 Å². The van der Waals surface area contributed by atoms with E-state index in [1.54, 1.807) is 6.07 Å². The number of nitrogens with zero attached hydrogens (tertiary/aromatic N) is 3. The summed E-state index contributed by atoms with van der Waals surface area (Å²) in [7, 11) is 0. The Bertz CT molecular complexity index is 1610. The van der Waals surface area contributed by atoms with Gasteiger partial charge >= 0.3 is 0 Å². The first kappa shape index (κ1) is 32.5. The van der Waals surface area contributed by atoms with E-state index in [1.165, 1.54) is 12.5 Å². The van der Waals surface area contributed by atoms with Crippen LogP contribution in [0.1, 0.15) is 58.4 Å². The van der Waals surface area contributed by atoms with Gasteiger partial charge in [0, 0.05) is 63.0 Å². The van der Waals surface area contributed by atoms with Gasteiger partial charge in [-0.25, -0.2) is 0 Å². The molecule has 2 bridgehead atoms. The second-order valence-electron chi connectivity index (χ2n) is 13.1. The summed E-state index contributed by atoms with van der Waals surface area (Å²) in [5, 5.41) is 7.30. The van der Waals surface area contributed by atoms with Crippen LogP contribution in [0.5, 0.6) is 0 Å². The van der Waals surface area contributed by atoms with Crippen LogP contribution in [-0.2, 0) is 16.1 Å². The lowest BCUT2D eigenvalue weighted by Gasteiger charge is -2.42. The highest BCUT2D eigenvalue weighted by Gasteiger charge is 2.44. The van der Waals surface area contributed by atoms with Crippen LogP contribution in [0.4, 0.5) is 5.69 Å². The van der Waals surface area contributed by atoms with E-state index < -0.39 is 0 Å². The van der Waals surface area contributed by atoms with E-state index in [9.17, 15) is 14.4 Å². The SMILES string of the molecule is CC(=O)Nc1ccc(CN2CC3CC2CC3NCC(=O)N2CCN(C(=O)c3cc(C)cc(C)c3)C[C@H]2c2ccc(Cl)c(Cl)c2)cc1. The van der Waals surface area contributed by atoms with Crippen molar-refractivity contribution in [3.05, 3.63) is 98.5 Å². The maximum atomic E-state index is 13.8. The van der Waals surface area contributed by atoms with Crippen molar-refractivity contribution >= 4 is 46.6 Å². The van der Waals surface area contributed by atoms with Gasteiger partial charge in [-0.1, -0.05) is 58.6 Å². The van der Waals surface area contributed by atoms with Crippen LogP contribution in [0.3, 0.4) is 0 Å². The van der Waals surface area contributed by atoms with Crippen molar-refractivity contribution in [3.8, 4) is 0 Å². The Balaban J connectivity index is 1.08. The third-order valence-corrected chi connectivity index (χ3v) is 10.4. The van der Waals surface area contributed by atoms with Gasteiger partial charge in [-0.05, 0) is 80.1 Å². The maximum absolute atomic E-state index is 13.8. The zero-order valence-corrected chi connectivity index (χ0v) is 28.1. The van der Waals surface area contributed by atoms with E-state index in [1.807, 2.05) is 60.0 Å². The van der Waals surface area contributed by atoms with E-state index in [-0.39, 0.29) is 30.3 Å². The minimum atomic E-state index is -0.333. The maximum Gasteiger partial charge on any atom is 0.254 e. The second kappa shape index (κ2) is 13.7. The Morgan fingerprint density at radius 1 is 0.870 bits per heavy atom. The molecule has 6 rings (SSSR count). The van der Waals surface area contributed by atoms with Gasteiger partial charge in [0.15, 0.2) is 0 Å². The minimum Gasteiger partial charge on any atom is -0.334 e. The number of benzene rings is 3. The Morgan fingerprint density at radius 3 is 2.26 bits per heavy atom. The average Bonchev–Trinajstić information content (AvgIpc) is 3.61. The van der Waals surface area contributed by atoms with Crippen LogP contribution >= 0.6 is 23.2 Å². The first-order chi connectivity index (χ1) is 22.0. The highest BCUT2D eigenvalue weighted by atomic mass is 35.5. The van der Waals surface area contributed by atoms with E-state index in [0.29, 0.717) is 53.2 Å². The molecule has 3 aromatic rings. The summed E-state index contributed by atoms with van der Waals surface area (Å²) in [5.41, 5.74) is 5.66. The van der Waals surface area contributed by atoms with Gasteiger partial charge in [0.25, 0.3) is 5.91 Å². The molecule has 10 heteroatoms. The number of halogens is 2. The van der Waals surface area contributed by atoms with E-state index in [0.717, 1.165) is 48.3 Å². The summed E-state index contributed by atoms with van der Waals surface area (Å²) in [5.74, 6) is 0.414. The van der Waals surface area contributed by atoms with Gasteiger partial charge in [0.2, 0.25) is 11.8 Å². The molecule has 0 radical (unpaired) electrons. The summed E-state index contributed by atoms with van der Waals surface area (Å²) in [6.07, 6.45) is 2.14. The van der Waals surface area contributed by atoms with Crippen molar-refractivity contribution in [2.45, 2.75) is 58.3 Å². The lowest BCUT2D eigenvalue weighted by molar-refractivity contribution is -0.135. The fourth-order valence-electron chi connectivity index (χ4n) is 7.49. The predicted molar refractivity (Wildman–Crippen MR) is 182 cm³/mol. The smallest absolute Gasteiger partial charge is 0.254 e. The lowest BCUT2D eigenvalue weighted by atomic mass is 10.00. The van der Waals surface area contributed by atoms with Crippen LogP contribution < -0.4 is 10.6 Å². The molecule has 3 fully saturated rings. The number of anilines is 1. The highest BCUT2D eigenvalue weighted by Crippen LogP contribution is 2.39. The van der Waals surface area contributed by atoms with E-state index >= 15 is 0 Å². The molecule has 0 aromatic heterocycles. The van der Waals surface area contributed by atoms with Crippen LogP contribution in [0.2, 0.25) is 10.0 Å². The number of carbonyl (C=O) groups excluding carboxylic acids is 3. The molecule has 2 aliphatic heterocycles. The van der Waals surface area contributed by atoms with Crippen molar-refractivity contribution < 1.29 is 14.4 Å². The molecule has 2 N–H and O–H groups in total. The molecule has 1 saturated carbocycles. The summed E-state index contributed by atoms with van der Waals surface area (Å²) >= 11 is 12.6. The fourth-order valence-corrected chi connectivity index (χ4v) is 7.80. The molecular formula is C36H41Cl2N5O3. The molecule has 46 heavy (non-hydrogen) atoms. The Morgan fingerprint density at radius 2 is 1.61 bits per heavy atom. The molecule has 3 unspecified atom stereocenters. The quantitative estimate of drug-likeness (QED) is 0.317. The Labute approximate surface area is 281 Å². The normalized spacial score (nSPS) is 22.7. The summed E-state index contributed by atoms with van der Waals surface area (Å²) < 4.78 is 0. The number of amides is 3. The third kappa shape index (κ3) is 7.26. The molecular weight excluding hydrogens is 621 g/mol. The van der Waals surface area contributed by atoms with Crippen LogP contribution in [-0.4, -0.2) is 77.2 Å². The average molecular weight is 663 g/mol. The largest absolute Gasteiger partial charge is 0.334 e. The van der Waals surface area contributed by atoms with Gasteiger partial charge < -0.3 is 20.4 Å². The van der Waals surface area contributed by atoms with Crippen molar-refractivity contribution in [2.75, 3.05) is 38.0 Å². The number of hydrogen-bond donors (Lipinski definition) is 2. The number of piperazine rings is 1. The molecule has 0 spiro atoms. The van der Waals surface area contributed by atoms with Gasteiger partial charge in [0.1, 0.15) is 0 Å². The highest BCUT2D eigenvalue weighted by molar-refractivity contribution is 6.42. The number of carbonyl (C=O) groups is 3. The van der Waals surface area contributed by atoms with E-state index in [4.69, 9.17) is 23.2 Å². The number of rotatable bonds is 8. The molecule has 242 valence electrons. The zero-order chi connectivity index (χ0) is 32.5. The first-order valence-electron chi connectivity index (χ1n) is 16.0. The molecule has 2 saturated heterocycles. The number of nitrogens with one attached hydrogen (secondary N) is 2. The molecule has 3 aliphatic rings. The second-order valence-corrected chi connectivity index (χ2v) is 13.9. The van der Waals surface area contributed by atoms with Crippen LogP contribution in [0.15, 0.2) is 60.7 Å². The lowest BCUT2D eigenvalue weighted by Crippen LogP contribution is -2.55. The molecule has 8 nitrogen and oxygen atoms in total. The molecule has 3 amide bonds. The summed E-state index contributed by atoms with van der Waals surface area (Å²) in [4.78, 5) is 45.0. The fraction of sp³-hybridized carbons (Fsp3) is 0.417. The predicted octanol–water partition coefficient (Wildman–Crippen LogP) is 5.85. The third-order valence-electron chi connectivity index (χ3n) is 9.62. The molecule has 1 aliphatic carbocycles. The van der Waals surface area contributed by atoms with Crippen LogP contribution in [0, 0.1) is 19.8 Å². The number of piperidine rings is 1. The first-order valence-corrected chi connectivity index (χ1v) is 16.8. The van der Waals surface area contributed by atoms with Crippen molar-refractivity contribution in [3.63, 3.8) is 0 Å². The van der Waals surface area contributed by atoms with Crippen LogP contribution in [0.25, 0.3) is 0 Å². The zero-order valence-electron chi connectivity index (χ0n) is 26.6. The Hall–Kier alpha value is -3.43. The van der Waals surface area contributed by atoms with Gasteiger partial charge in [-0.15, -0.1) is 0 Å². The number of aryl methyl sites for hydroxylation is 2. The van der Waals surface area contributed by atoms with Gasteiger partial charge in [-0.2, -0.15) is 0 Å².